The van der Waals surface area contributed by atoms with E-state index in [0.29, 0.717) is 21.4 Å². The van der Waals surface area contributed by atoms with Crippen LogP contribution in [0, 0.1) is 0 Å². The van der Waals surface area contributed by atoms with Crippen molar-refractivity contribution in [2.24, 2.45) is 0 Å². The van der Waals surface area contributed by atoms with Crippen LogP contribution in [0.5, 0.6) is 5.75 Å². The molecule has 2 aromatic carbocycles. The van der Waals surface area contributed by atoms with E-state index in [-0.39, 0.29) is 5.78 Å². The van der Waals surface area contributed by atoms with Crippen LogP contribution in [0.2, 0.25) is 10.0 Å². The van der Waals surface area contributed by atoms with Crippen LogP contribution in [0.3, 0.4) is 0 Å². The zero-order chi connectivity index (χ0) is 15.4. The van der Waals surface area contributed by atoms with Crippen molar-refractivity contribution in [2.45, 2.75) is 26.4 Å². The fourth-order valence-corrected chi connectivity index (χ4v) is 2.50. The highest BCUT2D eigenvalue weighted by Gasteiger charge is 2.17. The van der Waals surface area contributed by atoms with E-state index >= 15 is 0 Å². The fraction of sp³-hybridized carbons (Fsp3) is 0.235. The Morgan fingerprint density at radius 2 is 1.67 bits per heavy atom. The molecule has 0 aliphatic carbocycles. The normalized spacial score (nSPS) is 12.0. The molecule has 0 saturated heterocycles. The number of halogens is 2. The van der Waals surface area contributed by atoms with Gasteiger partial charge in [-0.15, -0.1) is 0 Å². The summed E-state index contributed by atoms with van der Waals surface area (Å²) in [6, 6.07) is 12.4. The second-order valence-corrected chi connectivity index (χ2v) is 5.65. The van der Waals surface area contributed by atoms with Crippen LogP contribution in [-0.4, -0.2) is 11.9 Å². The second-order valence-electron chi connectivity index (χ2n) is 4.78. The van der Waals surface area contributed by atoms with Crippen molar-refractivity contribution >= 4 is 29.0 Å². The molecule has 2 aromatic rings. The summed E-state index contributed by atoms with van der Waals surface area (Å²) >= 11 is 11.8. The van der Waals surface area contributed by atoms with Gasteiger partial charge in [-0.3, -0.25) is 4.79 Å². The van der Waals surface area contributed by atoms with E-state index in [9.17, 15) is 4.79 Å². The van der Waals surface area contributed by atoms with E-state index in [2.05, 4.69) is 6.92 Å². The van der Waals surface area contributed by atoms with Crippen LogP contribution in [0.4, 0.5) is 0 Å². The average Bonchev–Trinajstić information content (AvgIpc) is 2.45. The topological polar surface area (TPSA) is 26.3 Å². The number of hydrogen-bond donors (Lipinski definition) is 0. The van der Waals surface area contributed by atoms with E-state index in [1.807, 2.05) is 24.3 Å². The number of Topliss-reactive ketones (excluding diaryl/α,β-unsaturated/α-hetero) is 1. The van der Waals surface area contributed by atoms with Gasteiger partial charge < -0.3 is 4.74 Å². The van der Waals surface area contributed by atoms with Crippen molar-refractivity contribution in [3.8, 4) is 5.75 Å². The minimum atomic E-state index is -0.605. The Morgan fingerprint density at radius 3 is 2.19 bits per heavy atom. The Morgan fingerprint density at radius 1 is 1.10 bits per heavy atom. The first-order chi connectivity index (χ1) is 9.99. The van der Waals surface area contributed by atoms with Gasteiger partial charge in [0.1, 0.15) is 5.75 Å². The largest absolute Gasteiger partial charge is 0.482 e. The molecule has 1 unspecified atom stereocenters. The van der Waals surface area contributed by atoms with Gasteiger partial charge in [0.15, 0.2) is 6.10 Å². The van der Waals surface area contributed by atoms with E-state index < -0.39 is 6.10 Å². The molecule has 110 valence electrons. The fourth-order valence-electron chi connectivity index (χ4n) is 1.99. The summed E-state index contributed by atoms with van der Waals surface area (Å²) in [5, 5.41) is 0.953. The van der Waals surface area contributed by atoms with E-state index in [1.165, 1.54) is 5.56 Å². The molecule has 0 bridgehead atoms. The molecular weight excluding hydrogens is 307 g/mol. The molecule has 0 aliphatic heterocycles. The SMILES string of the molecule is CCc1ccc(C(=O)C(C)Oc2cc(Cl)cc(Cl)c2)cc1. The predicted molar refractivity (Wildman–Crippen MR) is 86.7 cm³/mol. The van der Waals surface area contributed by atoms with Gasteiger partial charge in [0.2, 0.25) is 5.78 Å². The lowest BCUT2D eigenvalue weighted by Crippen LogP contribution is -2.23. The maximum absolute atomic E-state index is 12.3. The van der Waals surface area contributed by atoms with Crippen molar-refractivity contribution < 1.29 is 9.53 Å². The number of carbonyl (C=O) groups is 1. The van der Waals surface area contributed by atoms with Crippen molar-refractivity contribution in [2.75, 3.05) is 0 Å². The molecule has 0 aromatic heterocycles. The lowest BCUT2D eigenvalue weighted by atomic mass is 10.0. The van der Waals surface area contributed by atoms with Gasteiger partial charge in [-0.25, -0.2) is 0 Å². The number of aryl methyl sites for hydroxylation is 1. The van der Waals surface area contributed by atoms with Crippen molar-refractivity contribution in [1.82, 2.24) is 0 Å². The Labute approximate surface area is 134 Å². The van der Waals surface area contributed by atoms with Crippen molar-refractivity contribution in [1.29, 1.82) is 0 Å². The first-order valence-electron chi connectivity index (χ1n) is 6.75. The molecule has 0 N–H and O–H groups in total. The number of hydrogen-bond acceptors (Lipinski definition) is 2. The molecular formula is C17H16Cl2O2. The van der Waals surface area contributed by atoms with Crippen LogP contribution < -0.4 is 4.74 Å². The lowest BCUT2D eigenvalue weighted by Gasteiger charge is -2.14. The molecule has 0 spiro atoms. The Balaban J connectivity index is 2.11. The number of benzene rings is 2. The average molecular weight is 323 g/mol. The molecule has 0 aliphatic rings. The quantitative estimate of drug-likeness (QED) is 0.706. The summed E-state index contributed by atoms with van der Waals surface area (Å²) in [7, 11) is 0. The van der Waals surface area contributed by atoms with Gasteiger partial charge in [-0.1, -0.05) is 54.4 Å². The highest BCUT2D eigenvalue weighted by molar-refractivity contribution is 6.34. The Kier molecular flexibility index (Phi) is 5.27. The minimum absolute atomic E-state index is 0.0752. The second kappa shape index (κ2) is 6.97. The molecule has 2 nitrogen and oxygen atoms in total. The van der Waals surface area contributed by atoms with Gasteiger partial charge >= 0.3 is 0 Å². The summed E-state index contributed by atoms with van der Waals surface area (Å²) in [6.07, 6.45) is 0.341. The third-order valence-electron chi connectivity index (χ3n) is 3.16. The van der Waals surface area contributed by atoms with Crippen molar-refractivity contribution in [3.63, 3.8) is 0 Å². The highest BCUT2D eigenvalue weighted by Crippen LogP contribution is 2.25. The smallest absolute Gasteiger partial charge is 0.202 e. The van der Waals surface area contributed by atoms with E-state index in [1.54, 1.807) is 25.1 Å². The van der Waals surface area contributed by atoms with Crippen LogP contribution in [-0.2, 0) is 6.42 Å². The van der Waals surface area contributed by atoms with Gasteiger partial charge in [-0.05, 0) is 37.1 Å². The van der Waals surface area contributed by atoms with Crippen LogP contribution in [0.25, 0.3) is 0 Å². The predicted octanol–water partition coefficient (Wildman–Crippen LogP) is 5.21. The monoisotopic (exact) mass is 322 g/mol. The maximum atomic E-state index is 12.3. The minimum Gasteiger partial charge on any atom is -0.482 e. The molecule has 2 rings (SSSR count). The Hall–Kier alpha value is -1.51. The van der Waals surface area contributed by atoms with Gasteiger partial charge in [0, 0.05) is 15.6 Å². The standard InChI is InChI=1S/C17H16Cl2O2/c1-3-12-4-6-13(7-5-12)17(20)11(2)21-16-9-14(18)8-15(19)10-16/h4-11H,3H2,1-2H3. The number of carbonyl (C=O) groups excluding carboxylic acids is 1. The van der Waals surface area contributed by atoms with Gasteiger partial charge in [0.05, 0.1) is 0 Å². The summed E-state index contributed by atoms with van der Waals surface area (Å²) in [5.41, 5.74) is 1.83. The summed E-state index contributed by atoms with van der Waals surface area (Å²) in [5.74, 6) is 0.410. The van der Waals surface area contributed by atoms with Crippen LogP contribution >= 0.6 is 23.2 Å². The first-order valence-corrected chi connectivity index (χ1v) is 7.51. The summed E-state index contributed by atoms with van der Waals surface area (Å²) in [4.78, 5) is 12.3. The maximum Gasteiger partial charge on any atom is 0.202 e. The van der Waals surface area contributed by atoms with E-state index in [0.717, 1.165) is 6.42 Å². The summed E-state index contributed by atoms with van der Waals surface area (Å²) in [6.45, 7) is 3.79. The molecule has 1 atom stereocenters. The van der Waals surface area contributed by atoms with Gasteiger partial charge in [0.25, 0.3) is 0 Å². The Bertz CT molecular complexity index is 615. The van der Waals surface area contributed by atoms with Gasteiger partial charge in [-0.2, -0.15) is 0 Å². The zero-order valence-corrected chi connectivity index (χ0v) is 13.4. The third-order valence-corrected chi connectivity index (χ3v) is 3.60. The molecule has 4 heteroatoms. The van der Waals surface area contributed by atoms with Crippen LogP contribution in [0.15, 0.2) is 42.5 Å². The third kappa shape index (κ3) is 4.23. The lowest BCUT2D eigenvalue weighted by molar-refractivity contribution is 0.0818. The molecule has 0 radical (unpaired) electrons. The number of ether oxygens (including phenoxy) is 1. The molecule has 21 heavy (non-hydrogen) atoms. The molecule has 0 heterocycles. The number of ketones is 1. The molecule has 0 fully saturated rings. The molecule has 0 amide bonds. The summed E-state index contributed by atoms with van der Waals surface area (Å²) < 4.78 is 5.63. The zero-order valence-electron chi connectivity index (χ0n) is 11.9. The van der Waals surface area contributed by atoms with Crippen molar-refractivity contribution in [3.05, 3.63) is 63.6 Å². The highest BCUT2D eigenvalue weighted by atomic mass is 35.5. The van der Waals surface area contributed by atoms with Crippen LogP contribution in [0.1, 0.15) is 29.8 Å². The van der Waals surface area contributed by atoms with E-state index in [4.69, 9.17) is 27.9 Å². The molecule has 0 saturated carbocycles. The number of rotatable bonds is 5. The first kappa shape index (κ1) is 15.9.